The Morgan fingerprint density at radius 2 is 2.17 bits per heavy atom. The van der Waals surface area contributed by atoms with E-state index in [1.807, 2.05) is 0 Å². The van der Waals surface area contributed by atoms with Crippen molar-refractivity contribution in [1.82, 2.24) is 10.7 Å². The van der Waals surface area contributed by atoms with Crippen molar-refractivity contribution < 1.29 is 18.7 Å². The molecule has 2 aromatic rings. The van der Waals surface area contributed by atoms with Gasteiger partial charge >= 0.3 is 5.97 Å². The molecule has 0 spiro atoms. The van der Waals surface area contributed by atoms with Gasteiger partial charge < -0.3 is 19.2 Å². The smallest absolute Gasteiger partial charge is 0.379 e. The molecule has 0 bridgehead atoms. The maximum Gasteiger partial charge on any atom is 0.379 e. The Bertz CT molecular complexity index is 714. The Balaban J connectivity index is 2.10. The van der Waals surface area contributed by atoms with E-state index in [1.165, 1.54) is 19.4 Å². The Hall–Kier alpha value is -2.87. The molecule has 2 N–H and O–H groups in total. The molecule has 1 aromatic heterocycles. The molecule has 0 amide bonds. The minimum Gasteiger partial charge on any atom is -0.493 e. The monoisotopic (exact) mass is 333 g/mol. The van der Waals surface area contributed by atoms with Gasteiger partial charge in [0, 0.05) is 7.05 Å². The Labute approximate surface area is 138 Å². The van der Waals surface area contributed by atoms with Crippen molar-refractivity contribution in [3.63, 3.8) is 0 Å². The van der Waals surface area contributed by atoms with E-state index in [-0.39, 0.29) is 11.5 Å². The fraction of sp³-hybridized carbons (Fsp3) is 0.133. The summed E-state index contributed by atoms with van der Waals surface area (Å²) in [6, 6.07) is 8.14. The van der Waals surface area contributed by atoms with Gasteiger partial charge in [0.25, 0.3) is 0 Å². The van der Waals surface area contributed by atoms with Gasteiger partial charge in [0.15, 0.2) is 16.6 Å². The van der Waals surface area contributed by atoms with Gasteiger partial charge in [-0.1, -0.05) is 0 Å². The molecule has 0 atom stereocenters. The number of hydrogen-bond donors (Lipinski definition) is 2. The van der Waals surface area contributed by atoms with Crippen LogP contribution in [0.15, 0.2) is 46.1 Å². The van der Waals surface area contributed by atoms with Crippen LogP contribution in [0.4, 0.5) is 0 Å². The summed E-state index contributed by atoms with van der Waals surface area (Å²) in [5, 5.41) is 7.10. The number of carbonyl (C=O) groups excluding carboxylic acids is 1. The zero-order valence-corrected chi connectivity index (χ0v) is 13.3. The molecule has 0 fully saturated rings. The van der Waals surface area contributed by atoms with Gasteiger partial charge in [-0.25, -0.2) is 4.79 Å². The fourth-order valence-electron chi connectivity index (χ4n) is 1.62. The van der Waals surface area contributed by atoms with Crippen molar-refractivity contribution in [2.24, 2.45) is 5.10 Å². The zero-order valence-electron chi connectivity index (χ0n) is 12.5. The summed E-state index contributed by atoms with van der Waals surface area (Å²) in [6.45, 7) is 0. The fourth-order valence-corrected chi connectivity index (χ4v) is 1.67. The number of rotatable bonds is 5. The SMILES string of the molecule is CNC(=S)NN=Cc1ccc(OC(=O)c2ccco2)c(OC)c1. The number of benzene rings is 1. The largest absolute Gasteiger partial charge is 0.493 e. The molecule has 0 unspecified atom stereocenters. The highest BCUT2D eigenvalue weighted by Crippen LogP contribution is 2.28. The molecule has 0 aliphatic carbocycles. The van der Waals surface area contributed by atoms with Crippen molar-refractivity contribution in [2.75, 3.05) is 14.2 Å². The third-order valence-corrected chi connectivity index (χ3v) is 3.01. The lowest BCUT2D eigenvalue weighted by atomic mass is 10.2. The molecule has 120 valence electrons. The number of hydrogen-bond acceptors (Lipinski definition) is 6. The van der Waals surface area contributed by atoms with Crippen LogP contribution in [-0.2, 0) is 0 Å². The number of carbonyl (C=O) groups is 1. The number of esters is 1. The third-order valence-electron chi connectivity index (χ3n) is 2.72. The van der Waals surface area contributed by atoms with Crippen molar-refractivity contribution in [2.45, 2.75) is 0 Å². The van der Waals surface area contributed by atoms with E-state index in [1.54, 1.807) is 37.5 Å². The second-order valence-corrected chi connectivity index (χ2v) is 4.63. The predicted octanol–water partition coefficient (Wildman–Crippen LogP) is 1.94. The molecule has 0 saturated heterocycles. The van der Waals surface area contributed by atoms with Crippen LogP contribution in [0.5, 0.6) is 11.5 Å². The number of methoxy groups -OCH3 is 1. The van der Waals surface area contributed by atoms with Crippen LogP contribution in [0.25, 0.3) is 0 Å². The van der Waals surface area contributed by atoms with Crippen LogP contribution in [0, 0.1) is 0 Å². The summed E-state index contributed by atoms with van der Waals surface area (Å²) >= 11 is 4.90. The van der Waals surface area contributed by atoms with E-state index >= 15 is 0 Å². The van der Waals surface area contributed by atoms with E-state index in [2.05, 4.69) is 15.8 Å². The topological polar surface area (TPSA) is 85.1 Å². The van der Waals surface area contributed by atoms with Crippen LogP contribution in [0.3, 0.4) is 0 Å². The highest BCUT2D eigenvalue weighted by atomic mass is 32.1. The lowest BCUT2D eigenvalue weighted by Crippen LogP contribution is -2.28. The first-order valence-electron chi connectivity index (χ1n) is 6.58. The summed E-state index contributed by atoms with van der Waals surface area (Å²) in [4.78, 5) is 11.9. The highest BCUT2D eigenvalue weighted by Gasteiger charge is 2.14. The molecule has 0 saturated carbocycles. The maximum atomic E-state index is 11.9. The second-order valence-electron chi connectivity index (χ2n) is 4.23. The van der Waals surface area contributed by atoms with Crippen molar-refractivity contribution in [1.29, 1.82) is 0 Å². The first kappa shape index (κ1) is 16.5. The molecule has 23 heavy (non-hydrogen) atoms. The molecule has 1 aromatic carbocycles. The Morgan fingerprint density at radius 3 is 2.83 bits per heavy atom. The lowest BCUT2D eigenvalue weighted by molar-refractivity contribution is 0.0696. The van der Waals surface area contributed by atoms with Gasteiger partial charge in [-0.15, -0.1) is 0 Å². The number of furan rings is 1. The van der Waals surface area contributed by atoms with Gasteiger partial charge in [-0.2, -0.15) is 5.10 Å². The summed E-state index contributed by atoms with van der Waals surface area (Å²) in [7, 11) is 3.17. The highest BCUT2D eigenvalue weighted by molar-refractivity contribution is 7.80. The summed E-state index contributed by atoms with van der Waals surface area (Å²) in [6.07, 6.45) is 2.96. The van der Waals surface area contributed by atoms with Crippen LogP contribution < -0.4 is 20.2 Å². The normalized spacial score (nSPS) is 10.3. The van der Waals surface area contributed by atoms with E-state index in [0.29, 0.717) is 10.9 Å². The quantitative estimate of drug-likeness (QED) is 0.284. The molecule has 0 aliphatic heterocycles. The van der Waals surface area contributed by atoms with Crippen molar-refractivity contribution >= 4 is 29.5 Å². The standard InChI is InChI=1S/C15H15N3O4S/c1-16-15(23)18-17-9-10-5-6-11(13(8-10)20-2)22-14(19)12-4-3-7-21-12/h3-9H,1-2H3,(H2,16,18,23). The Kier molecular flexibility index (Phi) is 5.70. The summed E-state index contributed by atoms with van der Waals surface area (Å²) < 4.78 is 15.5. The minimum absolute atomic E-state index is 0.113. The molecule has 7 nitrogen and oxygen atoms in total. The zero-order chi connectivity index (χ0) is 16.7. The predicted molar refractivity (Wildman–Crippen MR) is 89.0 cm³/mol. The van der Waals surface area contributed by atoms with Crippen molar-refractivity contribution in [3.05, 3.63) is 47.9 Å². The summed E-state index contributed by atoms with van der Waals surface area (Å²) in [5.41, 5.74) is 3.38. The lowest BCUT2D eigenvalue weighted by Gasteiger charge is -2.09. The van der Waals surface area contributed by atoms with Gasteiger partial charge in [0.1, 0.15) is 0 Å². The van der Waals surface area contributed by atoms with Gasteiger partial charge in [0.05, 0.1) is 19.6 Å². The number of ether oxygens (including phenoxy) is 2. The molecule has 0 aliphatic rings. The van der Waals surface area contributed by atoms with Crippen LogP contribution in [-0.4, -0.2) is 31.5 Å². The van der Waals surface area contributed by atoms with Crippen LogP contribution in [0.1, 0.15) is 16.1 Å². The molecule has 8 heteroatoms. The number of hydrazone groups is 1. The average molecular weight is 333 g/mol. The number of nitrogens with one attached hydrogen (secondary N) is 2. The Morgan fingerprint density at radius 1 is 1.35 bits per heavy atom. The van der Waals surface area contributed by atoms with Crippen LogP contribution in [0.2, 0.25) is 0 Å². The van der Waals surface area contributed by atoms with Gasteiger partial charge in [0.2, 0.25) is 5.76 Å². The number of nitrogens with zero attached hydrogens (tertiary/aromatic N) is 1. The third kappa shape index (κ3) is 4.55. The summed E-state index contributed by atoms with van der Waals surface area (Å²) in [5.74, 6) is 0.188. The second kappa shape index (κ2) is 7.95. The molecule has 2 rings (SSSR count). The maximum absolute atomic E-state index is 11.9. The van der Waals surface area contributed by atoms with Crippen LogP contribution >= 0.6 is 12.2 Å². The van der Waals surface area contributed by atoms with E-state index in [0.717, 1.165) is 5.56 Å². The van der Waals surface area contributed by atoms with Crippen molar-refractivity contribution in [3.8, 4) is 11.5 Å². The number of thiocarbonyl (C=S) groups is 1. The van der Waals surface area contributed by atoms with Gasteiger partial charge in [-0.05, 0) is 48.1 Å². The molecular formula is C15H15N3O4S. The van der Waals surface area contributed by atoms with E-state index < -0.39 is 5.97 Å². The van der Waals surface area contributed by atoms with Gasteiger partial charge in [-0.3, -0.25) is 5.43 Å². The first-order valence-corrected chi connectivity index (χ1v) is 6.99. The first-order chi connectivity index (χ1) is 11.1. The van der Waals surface area contributed by atoms with E-state index in [4.69, 9.17) is 26.1 Å². The average Bonchev–Trinajstić information content (AvgIpc) is 3.10. The molecular weight excluding hydrogens is 318 g/mol. The minimum atomic E-state index is -0.601. The molecule has 1 heterocycles. The van der Waals surface area contributed by atoms with E-state index in [9.17, 15) is 4.79 Å². The molecule has 0 radical (unpaired) electrons.